The Morgan fingerprint density at radius 3 is 1.95 bits per heavy atom. The van der Waals surface area contributed by atoms with Gasteiger partial charge in [-0.05, 0) is 80.8 Å². The van der Waals surface area contributed by atoms with E-state index in [4.69, 9.17) is 9.15 Å². The number of aromatic nitrogens is 5. The molecule has 0 aliphatic heterocycles. The maximum absolute atomic E-state index is 5.93. The van der Waals surface area contributed by atoms with Crippen LogP contribution in [0.2, 0.25) is 0 Å². The molecule has 8 aromatic rings. The van der Waals surface area contributed by atoms with Crippen molar-refractivity contribution in [2.24, 2.45) is 0 Å². The van der Waals surface area contributed by atoms with Crippen molar-refractivity contribution < 1.29 is 9.15 Å². The van der Waals surface area contributed by atoms with Gasteiger partial charge in [0.15, 0.2) is 0 Å². The first-order valence-corrected chi connectivity index (χ1v) is 12.9. The maximum Gasteiger partial charge on any atom is 0.248 e. The minimum Gasteiger partial charge on any atom is -0.497 e. The molecule has 8 rings (SSSR count). The quantitative estimate of drug-likeness (QED) is 0.218. The molecule has 0 bridgehead atoms. The highest BCUT2D eigenvalue weighted by Gasteiger charge is 2.15. The van der Waals surface area contributed by atoms with Crippen LogP contribution in [0, 0.1) is 0 Å². The van der Waals surface area contributed by atoms with Crippen molar-refractivity contribution in [1.82, 2.24) is 25.2 Å². The third-order valence-corrected chi connectivity index (χ3v) is 7.44. The predicted octanol–water partition coefficient (Wildman–Crippen LogP) is 7.56. The van der Waals surface area contributed by atoms with Gasteiger partial charge in [-0.1, -0.05) is 59.8 Å². The van der Waals surface area contributed by atoms with Crippen molar-refractivity contribution in [2.45, 2.75) is 0 Å². The molecule has 0 fully saturated rings. The van der Waals surface area contributed by atoms with Crippen LogP contribution in [0.5, 0.6) is 5.75 Å². The normalized spacial score (nSPS) is 11.6. The Labute approximate surface area is 228 Å². The van der Waals surface area contributed by atoms with Crippen LogP contribution in [-0.4, -0.2) is 32.3 Å². The molecule has 0 unspecified atom stereocenters. The number of ether oxygens (including phenoxy) is 1. The third kappa shape index (κ3) is 3.52. The summed E-state index contributed by atoms with van der Waals surface area (Å²) in [5.41, 5.74) is 4.42. The van der Waals surface area contributed by atoms with E-state index >= 15 is 0 Å². The lowest BCUT2D eigenvalue weighted by molar-refractivity contribution is 0.415. The second kappa shape index (κ2) is 8.74. The number of benzene rings is 6. The molecule has 0 amide bonds. The monoisotopic (exact) mass is 519 g/mol. The maximum atomic E-state index is 5.93. The number of rotatable bonds is 5. The van der Waals surface area contributed by atoms with Gasteiger partial charge in [-0.3, -0.25) is 0 Å². The van der Waals surface area contributed by atoms with E-state index < -0.39 is 0 Å². The zero-order valence-corrected chi connectivity index (χ0v) is 21.4. The van der Waals surface area contributed by atoms with Gasteiger partial charge in [0.05, 0.1) is 19.0 Å². The van der Waals surface area contributed by atoms with Crippen molar-refractivity contribution in [1.29, 1.82) is 0 Å². The summed E-state index contributed by atoms with van der Waals surface area (Å²) in [6.07, 6.45) is 1.97. The number of methoxy groups -OCH3 is 1. The topological polar surface area (TPSA) is 78.9 Å². The highest BCUT2D eigenvalue weighted by molar-refractivity contribution is 6.25. The zero-order chi connectivity index (χ0) is 26.6. The van der Waals surface area contributed by atoms with Crippen molar-refractivity contribution >= 4 is 32.3 Å². The van der Waals surface area contributed by atoms with Gasteiger partial charge in [0.25, 0.3) is 0 Å². The standard InChI is InChI=1S/C33H21N5O2/c1-39-26-15-9-24(10-16-26)33-36-35-32(40-33)23-7-13-25(14-8-23)38-19-29(34-37-38)27-17-11-22-6-5-20-3-2-4-21-12-18-28(27)31(22)30(20)21/h2-19H,1H3. The molecule has 0 saturated heterocycles. The van der Waals surface area contributed by atoms with Crippen LogP contribution in [0.3, 0.4) is 0 Å². The molecule has 190 valence electrons. The molecule has 0 radical (unpaired) electrons. The average Bonchev–Trinajstić information content (AvgIpc) is 3.71. The van der Waals surface area contributed by atoms with Gasteiger partial charge >= 0.3 is 0 Å². The fourth-order valence-corrected chi connectivity index (χ4v) is 5.42. The van der Waals surface area contributed by atoms with Crippen LogP contribution in [-0.2, 0) is 0 Å². The van der Waals surface area contributed by atoms with Gasteiger partial charge in [-0.2, -0.15) is 0 Å². The highest BCUT2D eigenvalue weighted by Crippen LogP contribution is 2.38. The Balaban J connectivity index is 1.11. The van der Waals surface area contributed by atoms with E-state index in [9.17, 15) is 0 Å². The summed E-state index contributed by atoms with van der Waals surface area (Å²) < 4.78 is 12.9. The lowest BCUT2D eigenvalue weighted by Gasteiger charge is -2.12. The molecule has 0 N–H and O–H groups in total. The fraction of sp³-hybridized carbons (Fsp3) is 0.0303. The molecule has 0 aliphatic rings. The van der Waals surface area contributed by atoms with Crippen LogP contribution in [0.25, 0.3) is 72.2 Å². The third-order valence-electron chi connectivity index (χ3n) is 7.44. The molecule has 0 saturated carbocycles. The molecule has 2 heterocycles. The van der Waals surface area contributed by atoms with E-state index in [2.05, 4.69) is 75.1 Å². The minimum atomic E-state index is 0.449. The van der Waals surface area contributed by atoms with Crippen molar-refractivity contribution in [2.75, 3.05) is 7.11 Å². The number of hydrogen-bond donors (Lipinski definition) is 0. The first-order valence-electron chi connectivity index (χ1n) is 12.9. The van der Waals surface area contributed by atoms with E-state index in [1.807, 2.05) is 54.7 Å². The Hall–Kier alpha value is -5.56. The van der Waals surface area contributed by atoms with Crippen molar-refractivity contribution in [3.05, 3.63) is 109 Å². The van der Waals surface area contributed by atoms with Crippen LogP contribution < -0.4 is 4.74 Å². The van der Waals surface area contributed by atoms with Crippen LogP contribution in [0.1, 0.15) is 0 Å². The molecule has 2 aromatic heterocycles. The first-order chi connectivity index (χ1) is 19.7. The van der Waals surface area contributed by atoms with Crippen LogP contribution >= 0.6 is 0 Å². The Bertz CT molecular complexity index is 2130. The first kappa shape index (κ1) is 22.4. The molecule has 7 heteroatoms. The van der Waals surface area contributed by atoms with E-state index in [0.717, 1.165) is 33.8 Å². The van der Waals surface area contributed by atoms with Gasteiger partial charge in [-0.15, -0.1) is 15.3 Å². The lowest BCUT2D eigenvalue weighted by Crippen LogP contribution is -1.94. The van der Waals surface area contributed by atoms with Gasteiger partial charge in [0.2, 0.25) is 11.8 Å². The molecule has 6 aromatic carbocycles. The molecule has 0 spiro atoms. The Kier molecular flexibility index (Phi) is 4.90. The summed E-state index contributed by atoms with van der Waals surface area (Å²) >= 11 is 0. The molecule has 0 atom stereocenters. The van der Waals surface area contributed by atoms with Gasteiger partial charge in [0.1, 0.15) is 11.4 Å². The van der Waals surface area contributed by atoms with E-state index in [-0.39, 0.29) is 0 Å². The highest BCUT2D eigenvalue weighted by atomic mass is 16.5. The fourth-order valence-electron chi connectivity index (χ4n) is 5.42. The molecule has 0 aliphatic carbocycles. The Morgan fingerprint density at radius 2 is 1.25 bits per heavy atom. The molecular weight excluding hydrogens is 498 g/mol. The average molecular weight is 520 g/mol. The van der Waals surface area contributed by atoms with Gasteiger partial charge < -0.3 is 9.15 Å². The van der Waals surface area contributed by atoms with E-state index in [0.29, 0.717) is 11.8 Å². The summed E-state index contributed by atoms with van der Waals surface area (Å²) in [4.78, 5) is 0. The van der Waals surface area contributed by atoms with Crippen LogP contribution in [0.4, 0.5) is 0 Å². The summed E-state index contributed by atoms with van der Waals surface area (Å²) in [5, 5.41) is 24.9. The smallest absolute Gasteiger partial charge is 0.248 e. The van der Waals surface area contributed by atoms with Crippen LogP contribution in [0.15, 0.2) is 114 Å². The number of hydrogen-bond acceptors (Lipinski definition) is 6. The largest absolute Gasteiger partial charge is 0.497 e. The van der Waals surface area contributed by atoms with E-state index in [1.165, 1.54) is 32.3 Å². The molecule has 40 heavy (non-hydrogen) atoms. The molecule has 7 nitrogen and oxygen atoms in total. The number of nitrogens with zero attached hydrogens (tertiary/aromatic N) is 5. The summed E-state index contributed by atoms with van der Waals surface area (Å²) in [6.45, 7) is 0. The second-order valence-corrected chi connectivity index (χ2v) is 9.71. The summed E-state index contributed by atoms with van der Waals surface area (Å²) in [6, 6.07) is 34.8. The Morgan fingerprint density at radius 1 is 0.625 bits per heavy atom. The minimum absolute atomic E-state index is 0.449. The summed E-state index contributed by atoms with van der Waals surface area (Å²) in [5.74, 6) is 1.68. The zero-order valence-electron chi connectivity index (χ0n) is 21.4. The summed E-state index contributed by atoms with van der Waals surface area (Å²) in [7, 11) is 1.64. The molecular formula is C33H21N5O2. The SMILES string of the molecule is COc1ccc(-c2nnc(-c3ccc(-n4cc(-c5ccc6ccc7cccc8ccc5c6c78)nn4)cc3)o2)cc1. The van der Waals surface area contributed by atoms with Gasteiger partial charge in [0, 0.05) is 16.7 Å². The van der Waals surface area contributed by atoms with E-state index in [1.54, 1.807) is 11.8 Å². The van der Waals surface area contributed by atoms with Crippen molar-refractivity contribution in [3.8, 4) is 45.6 Å². The second-order valence-electron chi connectivity index (χ2n) is 9.71. The van der Waals surface area contributed by atoms with Gasteiger partial charge in [-0.25, -0.2) is 4.68 Å². The predicted molar refractivity (Wildman–Crippen MR) is 156 cm³/mol. The van der Waals surface area contributed by atoms with Crippen molar-refractivity contribution in [3.63, 3.8) is 0 Å². The lowest BCUT2D eigenvalue weighted by atomic mass is 9.91.